The Morgan fingerprint density at radius 3 is 2.61 bits per heavy atom. The Labute approximate surface area is 105 Å². The van der Waals surface area contributed by atoms with E-state index < -0.39 is 5.97 Å². The van der Waals surface area contributed by atoms with E-state index in [4.69, 9.17) is 9.84 Å². The van der Waals surface area contributed by atoms with Crippen molar-refractivity contribution in [2.75, 3.05) is 7.11 Å². The standard InChI is InChI=1S/C13H14N2O3/c1-9-13(18-2)11(8-12(16)17)15(14-9)10-6-4-3-5-7-10/h3-7H,8H2,1-2H3,(H,16,17). The Hall–Kier alpha value is -2.30. The minimum Gasteiger partial charge on any atom is -0.493 e. The molecular formula is C13H14N2O3. The first kappa shape index (κ1) is 12.2. The van der Waals surface area contributed by atoms with E-state index in [1.165, 1.54) is 7.11 Å². The van der Waals surface area contributed by atoms with Crippen LogP contribution in [0.3, 0.4) is 0 Å². The van der Waals surface area contributed by atoms with Crippen molar-refractivity contribution in [3.63, 3.8) is 0 Å². The predicted molar refractivity (Wildman–Crippen MR) is 66.2 cm³/mol. The average Bonchev–Trinajstić information content (AvgIpc) is 2.66. The number of nitrogens with zero attached hydrogens (tertiary/aromatic N) is 2. The van der Waals surface area contributed by atoms with Crippen LogP contribution >= 0.6 is 0 Å². The molecule has 0 amide bonds. The first-order chi connectivity index (χ1) is 8.63. The lowest BCUT2D eigenvalue weighted by Crippen LogP contribution is -2.08. The molecule has 0 aliphatic carbocycles. The van der Waals surface area contributed by atoms with Gasteiger partial charge in [-0.2, -0.15) is 5.10 Å². The third-order valence-corrected chi connectivity index (χ3v) is 2.62. The number of carbonyl (C=O) groups is 1. The van der Waals surface area contributed by atoms with Crippen molar-refractivity contribution >= 4 is 5.97 Å². The van der Waals surface area contributed by atoms with Crippen molar-refractivity contribution in [1.82, 2.24) is 9.78 Å². The van der Waals surface area contributed by atoms with E-state index in [1.807, 2.05) is 30.3 Å². The van der Waals surface area contributed by atoms with Crippen LogP contribution in [0.15, 0.2) is 30.3 Å². The number of benzene rings is 1. The maximum absolute atomic E-state index is 10.9. The molecule has 0 aliphatic rings. The zero-order valence-corrected chi connectivity index (χ0v) is 10.3. The summed E-state index contributed by atoms with van der Waals surface area (Å²) in [5.41, 5.74) is 2.05. The van der Waals surface area contributed by atoms with Gasteiger partial charge in [-0.25, -0.2) is 4.68 Å². The number of carboxylic acid groups (broad SMARTS) is 1. The SMILES string of the molecule is COc1c(C)nn(-c2ccccc2)c1CC(=O)O. The Balaban J connectivity index is 2.56. The number of aliphatic carboxylic acids is 1. The highest BCUT2D eigenvalue weighted by Crippen LogP contribution is 2.26. The van der Waals surface area contributed by atoms with E-state index >= 15 is 0 Å². The molecule has 0 bridgehead atoms. The summed E-state index contributed by atoms with van der Waals surface area (Å²) >= 11 is 0. The molecule has 0 saturated carbocycles. The van der Waals surface area contributed by atoms with E-state index in [0.29, 0.717) is 17.1 Å². The van der Waals surface area contributed by atoms with Crippen LogP contribution < -0.4 is 4.74 Å². The molecule has 0 spiro atoms. The fraction of sp³-hybridized carbons (Fsp3) is 0.231. The lowest BCUT2D eigenvalue weighted by molar-refractivity contribution is -0.136. The Bertz CT molecular complexity index is 561. The van der Waals surface area contributed by atoms with Crippen LogP contribution in [0, 0.1) is 6.92 Å². The average molecular weight is 246 g/mol. The van der Waals surface area contributed by atoms with Gasteiger partial charge < -0.3 is 9.84 Å². The van der Waals surface area contributed by atoms with Gasteiger partial charge in [0.15, 0.2) is 5.75 Å². The topological polar surface area (TPSA) is 64.4 Å². The van der Waals surface area contributed by atoms with Crippen molar-refractivity contribution in [3.8, 4) is 11.4 Å². The van der Waals surface area contributed by atoms with Crippen molar-refractivity contribution < 1.29 is 14.6 Å². The summed E-state index contributed by atoms with van der Waals surface area (Å²) in [7, 11) is 1.52. The highest BCUT2D eigenvalue weighted by molar-refractivity contribution is 5.71. The molecule has 18 heavy (non-hydrogen) atoms. The van der Waals surface area contributed by atoms with Crippen LogP contribution in [-0.2, 0) is 11.2 Å². The molecule has 2 aromatic rings. The van der Waals surface area contributed by atoms with Gasteiger partial charge in [0.05, 0.1) is 24.9 Å². The van der Waals surface area contributed by atoms with Gasteiger partial charge in [-0.1, -0.05) is 18.2 Å². The third-order valence-electron chi connectivity index (χ3n) is 2.62. The van der Waals surface area contributed by atoms with Crippen molar-refractivity contribution in [3.05, 3.63) is 41.7 Å². The fourth-order valence-corrected chi connectivity index (χ4v) is 1.91. The maximum atomic E-state index is 10.9. The molecule has 1 heterocycles. The van der Waals surface area contributed by atoms with Crippen molar-refractivity contribution in [2.45, 2.75) is 13.3 Å². The van der Waals surface area contributed by atoms with E-state index in [1.54, 1.807) is 11.6 Å². The van der Waals surface area contributed by atoms with Gasteiger partial charge >= 0.3 is 5.97 Å². The van der Waals surface area contributed by atoms with Crippen molar-refractivity contribution in [2.24, 2.45) is 0 Å². The number of ether oxygens (including phenoxy) is 1. The van der Waals surface area contributed by atoms with E-state index in [2.05, 4.69) is 5.10 Å². The summed E-state index contributed by atoms with van der Waals surface area (Å²) in [6, 6.07) is 9.40. The van der Waals surface area contributed by atoms with Crippen LogP contribution in [0.25, 0.3) is 5.69 Å². The molecular weight excluding hydrogens is 232 g/mol. The summed E-state index contributed by atoms with van der Waals surface area (Å²) in [4.78, 5) is 10.9. The fourth-order valence-electron chi connectivity index (χ4n) is 1.91. The molecule has 1 N–H and O–H groups in total. The van der Waals surface area contributed by atoms with Gasteiger partial charge in [0.1, 0.15) is 5.69 Å². The second kappa shape index (κ2) is 4.91. The van der Waals surface area contributed by atoms with Gasteiger partial charge in [-0.15, -0.1) is 0 Å². The molecule has 1 aromatic heterocycles. The van der Waals surface area contributed by atoms with Gasteiger partial charge in [-0.05, 0) is 19.1 Å². The van der Waals surface area contributed by atoms with Crippen LogP contribution in [0.1, 0.15) is 11.4 Å². The molecule has 1 aromatic carbocycles. The maximum Gasteiger partial charge on any atom is 0.309 e. The molecule has 0 saturated heterocycles. The molecule has 0 aliphatic heterocycles. The lowest BCUT2D eigenvalue weighted by atomic mass is 10.2. The smallest absolute Gasteiger partial charge is 0.309 e. The summed E-state index contributed by atoms with van der Waals surface area (Å²) < 4.78 is 6.85. The van der Waals surface area contributed by atoms with E-state index in [-0.39, 0.29) is 6.42 Å². The number of hydrogen-bond donors (Lipinski definition) is 1. The Kier molecular flexibility index (Phi) is 3.32. The monoisotopic (exact) mass is 246 g/mol. The van der Waals surface area contributed by atoms with Gasteiger partial charge in [0, 0.05) is 0 Å². The molecule has 0 radical (unpaired) electrons. The number of hydrogen-bond acceptors (Lipinski definition) is 3. The molecule has 0 atom stereocenters. The van der Waals surface area contributed by atoms with Gasteiger partial charge in [-0.3, -0.25) is 4.79 Å². The number of aromatic nitrogens is 2. The second-order valence-corrected chi connectivity index (χ2v) is 3.88. The Morgan fingerprint density at radius 2 is 2.06 bits per heavy atom. The molecule has 0 unspecified atom stereocenters. The van der Waals surface area contributed by atoms with Crippen LogP contribution in [0.5, 0.6) is 5.75 Å². The molecule has 5 nitrogen and oxygen atoms in total. The number of para-hydroxylation sites is 1. The van der Waals surface area contributed by atoms with E-state index in [0.717, 1.165) is 5.69 Å². The number of rotatable bonds is 4. The molecule has 5 heteroatoms. The van der Waals surface area contributed by atoms with Crippen LogP contribution in [-0.4, -0.2) is 28.0 Å². The minimum absolute atomic E-state index is 0.126. The van der Waals surface area contributed by atoms with Gasteiger partial charge in [0.25, 0.3) is 0 Å². The van der Waals surface area contributed by atoms with Crippen LogP contribution in [0.4, 0.5) is 0 Å². The summed E-state index contributed by atoms with van der Waals surface area (Å²) in [6.07, 6.45) is -0.126. The third kappa shape index (κ3) is 2.20. The predicted octanol–water partition coefficient (Wildman–Crippen LogP) is 1.82. The number of methoxy groups -OCH3 is 1. The normalized spacial score (nSPS) is 10.3. The Morgan fingerprint density at radius 1 is 1.39 bits per heavy atom. The largest absolute Gasteiger partial charge is 0.493 e. The first-order valence-corrected chi connectivity index (χ1v) is 5.53. The second-order valence-electron chi connectivity index (χ2n) is 3.88. The van der Waals surface area contributed by atoms with E-state index in [9.17, 15) is 4.79 Å². The number of carboxylic acids is 1. The highest BCUT2D eigenvalue weighted by atomic mass is 16.5. The van der Waals surface area contributed by atoms with Crippen molar-refractivity contribution in [1.29, 1.82) is 0 Å². The zero-order chi connectivity index (χ0) is 13.1. The number of aryl methyl sites for hydroxylation is 1. The summed E-state index contributed by atoms with van der Waals surface area (Å²) in [6.45, 7) is 1.80. The quantitative estimate of drug-likeness (QED) is 0.893. The minimum atomic E-state index is -0.912. The zero-order valence-electron chi connectivity index (χ0n) is 10.3. The first-order valence-electron chi connectivity index (χ1n) is 5.53. The highest BCUT2D eigenvalue weighted by Gasteiger charge is 2.19. The molecule has 2 rings (SSSR count). The summed E-state index contributed by atoms with van der Waals surface area (Å²) in [5.74, 6) is -0.383. The molecule has 94 valence electrons. The summed E-state index contributed by atoms with van der Waals surface area (Å²) in [5, 5.41) is 13.3. The van der Waals surface area contributed by atoms with Crippen LogP contribution in [0.2, 0.25) is 0 Å². The lowest BCUT2D eigenvalue weighted by Gasteiger charge is -2.06. The van der Waals surface area contributed by atoms with Gasteiger partial charge in [0.2, 0.25) is 0 Å². The molecule has 0 fully saturated rings.